The molecule has 0 aromatic heterocycles. The van der Waals surface area contributed by atoms with E-state index in [2.05, 4.69) is 0 Å². The molecule has 1 atom stereocenters. The molecule has 1 unspecified atom stereocenters. The minimum atomic E-state index is -1.16. The summed E-state index contributed by atoms with van der Waals surface area (Å²) in [7, 11) is 0. The van der Waals surface area contributed by atoms with Crippen molar-refractivity contribution in [1.82, 2.24) is 4.90 Å². The zero-order valence-corrected chi connectivity index (χ0v) is 17.9. The molecule has 0 spiro atoms. The molecule has 1 heterocycles. The van der Waals surface area contributed by atoms with Crippen LogP contribution in [0.15, 0.2) is 78.9 Å². The number of hydrogen-bond acceptors (Lipinski definition) is 4. The van der Waals surface area contributed by atoms with Gasteiger partial charge in [0.25, 0.3) is 0 Å². The van der Waals surface area contributed by atoms with Crippen LogP contribution in [-0.2, 0) is 26.4 Å². The molecule has 1 amide bonds. The first-order valence-electron chi connectivity index (χ1n) is 10.6. The zero-order chi connectivity index (χ0) is 23.3. The minimum Gasteiger partial charge on any atom is -0.462 e. The van der Waals surface area contributed by atoms with Crippen LogP contribution in [0.3, 0.4) is 0 Å². The average Bonchev–Trinajstić information content (AvgIpc) is 2.84. The van der Waals surface area contributed by atoms with E-state index in [1.165, 1.54) is 6.07 Å². The molecular formula is C26H23F2NO4. The van der Waals surface area contributed by atoms with Crippen LogP contribution >= 0.6 is 0 Å². The molecule has 0 bridgehead atoms. The highest BCUT2D eigenvalue weighted by Gasteiger charge is 2.42. The van der Waals surface area contributed by atoms with Crippen molar-refractivity contribution in [2.75, 3.05) is 19.8 Å². The monoisotopic (exact) mass is 451 g/mol. The number of halogens is 2. The van der Waals surface area contributed by atoms with Crippen LogP contribution in [-0.4, -0.2) is 36.5 Å². The number of benzene rings is 3. The van der Waals surface area contributed by atoms with Gasteiger partial charge in [-0.3, -0.25) is 4.79 Å². The van der Waals surface area contributed by atoms with Gasteiger partial charge in [0, 0.05) is 13.0 Å². The van der Waals surface area contributed by atoms with E-state index in [9.17, 15) is 18.4 Å². The predicted molar refractivity (Wildman–Crippen MR) is 117 cm³/mol. The van der Waals surface area contributed by atoms with Crippen LogP contribution in [0.5, 0.6) is 0 Å². The van der Waals surface area contributed by atoms with Crippen molar-refractivity contribution in [3.63, 3.8) is 0 Å². The number of rotatable bonds is 7. The Morgan fingerprint density at radius 2 is 1.67 bits per heavy atom. The maximum absolute atomic E-state index is 14.1. The Hall–Kier alpha value is -3.58. The van der Waals surface area contributed by atoms with Crippen molar-refractivity contribution in [2.45, 2.75) is 18.6 Å². The lowest BCUT2D eigenvalue weighted by molar-refractivity contribution is -0.169. The van der Waals surface area contributed by atoms with Gasteiger partial charge in [0.05, 0.1) is 18.7 Å². The third-order valence-corrected chi connectivity index (χ3v) is 5.68. The maximum atomic E-state index is 14.1. The first-order valence-corrected chi connectivity index (χ1v) is 10.6. The lowest BCUT2D eigenvalue weighted by Crippen LogP contribution is -2.53. The quantitative estimate of drug-likeness (QED) is 0.498. The van der Waals surface area contributed by atoms with E-state index in [-0.39, 0.29) is 32.1 Å². The second kappa shape index (κ2) is 9.92. The largest absolute Gasteiger partial charge is 0.462 e. The van der Waals surface area contributed by atoms with Crippen molar-refractivity contribution < 1.29 is 27.8 Å². The molecule has 0 aliphatic carbocycles. The Bertz CT molecular complexity index is 1120. The highest BCUT2D eigenvalue weighted by Crippen LogP contribution is 2.35. The summed E-state index contributed by atoms with van der Waals surface area (Å²) in [5, 5.41) is 0. The Labute approximate surface area is 190 Å². The lowest BCUT2D eigenvalue weighted by Gasteiger charge is -2.43. The Balaban J connectivity index is 1.56. The van der Waals surface area contributed by atoms with Crippen LogP contribution in [0.25, 0.3) is 0 Å². The van der Waals surface area contributed by atoms with Gasteiger partial charge in [-0.1, -0.05) is 54.6 Å². The number of carbonyl (C=O) groups excluding carboxylic acids is 2. The van der Waals surface area contributed by atoms with Gasteiger partial charge in [-0.15, -0.1) is 0 Å². The van der Waals surface area contributed by atoms with Crippen LogP contribution in [0.4, 0.5) is 8.78 Å². The van der Waals surface area contributed by atoms with Crippen LogP contribution < -0.4 is 0 Å². The fraction of sp³-hybridized carbons (Fsp3) is 0.231. The lowest BCUT2D eigenvalue weighted by atomic mass is 9.88. The van der Waals surface area contributed by atoms with Gasteiger partial charge >= 0.3 is 5.97 Å². The van der Waals surface area contributed by atoms with Crippen molar-refractivity contribution >= 4 is 11.9 Å². The summed E-state index contributed by atoms with van der Waals surface area (Å²) in [4.78, 5) is 26.6. The molecule has 1 saturated heterocycles. The van der Waals surface area contributed by atoms with E-state index < -0.39 is 23.2 Å². The molecular weight excluding hydrogens is 428 g/mol. The van der Waals surface area contributed by atoms with Crippen LogP contribution in [0, 0.1) is 11.6 Å². The molecule has 0 radical (unpaired) electrons. The van der Waals surface area contributed by atoms with Gasteiger partial charge in [0.15, 0.2) is 11.6 Å². The summed E-state index contributed by atoms with van der Waals surface area (Å²) in [5.41, 5.74) is 0.559. The Morgan fingerprint density at radius 3 is 2.36 bits per heavy atom. The van der Waals surface area contributed by atoms with Gasteiger partial charge in [-0.25, -0.2) is 13.6 Å². The number of amides is 1. The van der Waals surface area contributed by atoms with Crippen molar-refractivity contribution in [1.29, 1.82) is 0 Å². The topological polar surface area (TPSA) is 55.8 Å². The van der Waals surface area contributed by atoms with Crippen LogP contribution in [0.1, 0.15) is 27.9 Å². The molecule has 4 rings (SSSR count). The molecule has 0 saturated carbocycles. The highest BCUT2D eigenvalue weighted by molar-refractivity contribution is 5.89. The van der Waals surface area contributed by atoms with Gasteiger partial charge < -0.3 is 14.4 Å². The molecule has 1 fully saturated rings. The number of nitrogens with zero attached hydrogens (tertiary/aromatic N) is 1. The second-order valence-corrected chi connectivity index (χ2v) is 7.90. The van der Waals surface area contributed by atoms with E-state index >= 15 is 0 Å². The van der Waals surface area contributed by atoms with E-state index in [0.717, 1.165) is 17.7 Å². The molecule has 5 nitrogen and oxygen atoms in total. The SMILES string of the molecule is O=C(OCCC1(c2ccc(F)c(F)c2)CN(Cc2ccccc2)C(=O)CO1)c1ccccc1. The summed E-state index contributed by atoms with van der Waals surface area (Å²) in [6, 6.07) is 21.6. The van der Waals surface area contributed by atoms with E-state index in [1.807, 2.05) is 30.3 Å². The summed E-state index contributed by atoms with van der Waals surface area (Å²) in [6.45, 7) is 0.200. The average molecular weight is 451 g/mol. The smallest absolute Gasteiger partial charge is 0.338 e. The molecule has 7 heteroatoms. The van der Waals surface area contributed by atoms with Gasteiger partial charge in [-0.05, 0) is 35.4 Å². The van der Waals surface area contributed by atoms with E-state index in [4.69, 9.17) is 9.47 Å². The summed E-state index contributed by atoms with van der Waals surface area (Å²) in [6.07, 6.45) is 0.162. The third kappa shape index (κ3) is 5.26. The third-order valence-electron chi connectivity index (χ3n) is 5.68. The summed E-state index contributed by atoms with van der Waals surface area (Å²) in [5.74, 6) is -2.69. The Kier molecular flexibility index (Phi) is 6.79. The molecule has 0 N–H and O–H groups in total. The van der Waals surface area contributed by atoms with Crippen molar-refractivity contribution in [3.05, 3.63) is 107 Å². The molecule has 1 aliphatic rings. The van der Waals surface area contributed by atoms with Gasteiger partial charge in [0.2, 0.25) is 5.91 Å². The molecule has 33 heavy (non-hydrogen) atoms. The fourth-order valence-corrected chi connectivity index (χ4v) is 3.90. The van der Waals surface area contributed by atoms with E-state index in [0.29, 0.717) is 17.7 Å². The number of morpholine rings is 1. The number of esters is 1. The number of hydrogen-bond donors (Lipinski definition) is 0. The van der Waals surface area contributed by atoms with Crippen LogP contribution in [0.2, 0.25) is 0 Å². The molecule has 1 aliphatic heterocycles. The molecule has 3 aromatic rings. The predicted octanol–water partition coefficient (Wildman–Crippen LogP) is 4.47. The first kappa shape index (κ1) is 22.6. The molecule has 3 aromatic carbocycles. The van der Waals surface area contributed by atoms with Gasteiger partial charge in [-0.2, -0.15) is 0 Å². The summed E-state index contributed by atoms with van der Waals surface area (Å²) < 4.78 is 39.1. The number of carbonyl (C=O) groups is 2. The zero-order valence-electron chi connectivity index (χ0n) is 17.9. The summed E-state index contributed by atoms with van der Waals surface area (Å²) >= 11 is 0. The number of ether oxygens (including phenoxy) is 2. The van der Waals surface area contributed by atoms with Gasteiger partial charge in [0.1, 0.15) is 12.2 Å². The minimum absolute atomic E-state index is 0.0277. The fourth-order valence-electron chi connectivity index (χ4n) is 3.90. The maximum Gasteiger partial charge on any atom is 0.338 e. The second-order valence-electron chi connectivity index (χ2n) is 7.90. The standard InChI is InChI=1S/C26H23F2NO4/c27-22-12-11-21(15-23(22)28)26(13-14-32-25(31)20-9-5-2-6-10-20)18-29(24(30)17-33-26)16-19-7-3-1-4-8-19/h1-12,15H,13-14,16-18H2. The Morgan fingerprint density at radius 1 is 0.970 bits per heavy atom. The first-order chi connectivity index (χ1) is 16.0. The van der Waals surface area contributed by atoms with E-state index in [1.54, 1.807) is 35.2 Å². The highest BCUT2D eigenvalue weighted by atomic mass is 19.2. The molecule has 170 valence electrons. The van der Waals surface area contributed by atoms with Crippen molar-refractivity contribution in [2.24, 2.45) is 0 Å². The normalized spacial score (nSPS) is 18.2. The van der Waals surface area contributed by atoms with Crippen molar-refractivity contribution in [3.8, 4) is 0 Å².